The van der Waals surface area contributed by atoms with E-state index in [1.807, 2.05) is 47.2 Å². The Bertz CT molecular complexity index is 1080. The van der Waals surface area contributed by atoms with Crippen molar-refractivity contribution < 1.29 is 9.53 Å². The van der Waals surface area contributed by atoms with Gasteiger partial charge in [0.2, 0.25) is 5.91 Å². The fraction of sp³-hybridized carbons (Fsp3) is 0.458. The highest BCUT2D eigenvalue weighted by Gasteiger charge is 2.22. The third kappa shape index (κ3) is 5.18. The van der Waals surface area contributed by atoms with Gasteiger partial charge in [-0.05, 0) is 54.9 Å². The number of methoxy groups -OCH3 is 1. The molecule has 1 aliphatic carbocycles. The van der Waals surface area contributed by atoms with Gasteiger partial charge in [-0.25, -0.2) is 0 Å². The summed E-state index contributed by atoms with van der Waals surface area (Å²) in [6.45, 7) is 2.85. The summed E-state index contributed by atoms with van der Waals surface area (Å²) in [6, 6.07) is 10.2. The summed E-state index contributed by atoms with van der Waals surface area (Å²) in [5.74, 6) is 2.85. The van der Waals surface area contributed by atoms with Crippen LogP contribution in [0.3, 0.4) is 0 Å². The van der Waals surface area contributed by atoms with Crippen LogP contribution in [0.15, 0.2) is 35.5 Å². The highest BCUT2D eigenvalue weighted by Crippen LogP contribution is 2.38. The number of ether oxygens (including phenoxy) is 1. The summed E-state index contributed by atoms with van der Waals surface area (Å²) in [4.78, 5) is 15.0. The SMILES string of the molecule is CCC1CCc2sc(-c3nnc(SCC(=O)NCCc4ccccc4OC)n3C)cc2C1. The molecule has 0 radical (unpaired) electrons. The first-order chi connectivity index (χ1) is 15.6. The van der Waals surface area contributed by atoms with Crippen LogP contribution in [0.1, 0.15) is 35.8 Å². The maximum Gasteiger partial charge on any atom is 0.230 e. The number of amides is 1. The number of nitrogens with zero attached hydrogens (tertiary/aromatic N) is 3. The van der Waals surface area contributed by atoms with E-state index in [2.05, 4.69) is 28.5 Å². The first kappa shape index (κ1) is 22.9. The zero-order valence-electron chi connectivity index (χ0n) is 18.9. The number of nitrogens with one attached hydrogen (secondary N) is 1. The van der Waals surface area contributed by atoms with E-state index in [0.29, 0.717) is 12.3 Å². The molecule has 0 aliphatic heterocycles. The van der Waals surface area contributed by atoms with Crippen LogP contribution in [0.2, 0.25) is 0 Å². The molecule has 0 bridgehead atoms. The highest BCUT2D eigenvalue weighted by molar-refractivity contribution is 7.99. The minimum Gasteiger partial charge on any atom is -0.496 e. The van der Waals surface area contributed by atoms with Crippen molar-refractivity contribution in [3.63, 3.8) is 0 Å². The van der Waals surface area contributed by atoms with Crippen LogP contribution in [-0.4, -0.2) is 40.1 Å². The number of aryl methyl sites for hydroxylation is 1. The molecular formula is C24H30N4O2S2. The van der Waals surface area contributed by atoms with Crippen molar-refractivity contribution in [3.05, 3.63) is 46.3 Å². The minimum atomic E-state index is -0.00774. The monoisotopic (exact) mass is 470 g/mol. The van der Waals surface area contributed by atoms with Crippen LogP contribution >= 0.6 is 23.1 Å². The quantitative estimate of drug-likeness (QED) is 0.466. The van der Waals surface area contributed by atoms with Crippen LogP contribution in [-0.2, 0) is 31.1 Å². The Labute approximate surface area is 197 Å². The molecule has 0 saturated carbocycles. The summed E-state index contributed by atoms with van der Waals surface area (Å²) >= 11 is 3.26. The average Bonchev–Trinajstić information content (AvgIpc) is 3.40. The number of thioether (sulfide) groups is 1. The molecule has 170 valence electrons. The zero-order valence-corrected chi connectivity index (χ0v) is 20.5. The van der Waals surface area contributed by atoms with Crippen molar-refractivity contribution in [3.8, 4) is 16.5 Å². The predicted molar refractivity (Wildman–Crippen MR) is 131 cm³/mol. The summed E-state index contributed by atoms with van der Waals surface area (Å²) in [7, 11) is 3.64. The van der Waals surface area contributed by atoms with E-state index in [1.54, 1.807) is 7.11 Å². The number of rotatable bonds is 9. The van der Waals surface area contributed by atoms with Gasteiger partial charge in [-0.1, -0.05) is 43.3 Å². The van der Waals surface area contributed by atoms with Crippen LogP contribution < -0.4 is 10.1 Å². The number of para-hydroxylation sites is 1. The number of carbonyl (C=O) groups excluding carboxylic acids is 1. The Hall–Kier alpha value is -2.32. The first-order valence-corrected chi connectivity index (χ1v) is 12.9. The summed E-state index contributed by atoms with van der Waals surface area (Å²) in [5.41, 5.74) is 2.57. The third-order valence-electron chi connectivity index (χ3n) is 6.06. The number of fused-ring (bicyclic) bond motifs is 1. The Morgan fingerprint density at radius 1 is 1.34 bits per heavy atom. The molecule has 1 amide bonds. The van der Waals surface area contributed by atoms with E-state index in [1.165, 1.54) is 52.8 Å². The molecule has 2 aromatic heterocycles. The lowest BCUT2D eigenvalue weighted by molar-refractivity contribution is -0.118. The zero-order chi connectivity index (χ0) is 22.5. The number of hydrogen-bond donors (Lipinski definition) is 1. The largest absolute Gasteiger partial charge is 0.496 e. The molecule has 8 heteroatoms. The van der Waals surface area contributed by atoms with Crippen molar-refractivity contribution in [1.82, 2.24) is 20.1 Å². The van der Waals surface area contributed by atoms with Crippen molar-refractivity contribution in [1.29, 1.82) is 0 Å². The van der Waals surface area contributed by atoms with Gasteiger partial charge in [-0.15, -0.1) is 21.5 Å². The number of aromatic nitrogens is 3. The van der Waals surface area contributed by atoms with Gasteiger partial charge in [-0.3, -0.25) is 4.79 Å². The second-order valence-corrected chi connectivity index (χ2v) is 10.2. The van der Waals surface area contributed by atoms with E-state index >= 15 is 0 Å². The Morgan fingerprint density at radius 3 is 3.00 bits per heavy atom. The number of thiophene rings is 1. The maximum absolute atomic E-state index is 12.3. The lowest BCUT2D eigenvalue weighted by Crippen LogP contribution is -2.27. The van der Waals surface area contributed by atoms with Crippen molar-refractivity contribution >= 4 is 29.0 Å². The van der Waals surface area contributed by atoms with Gasteiger partial charge in [0.25, 0.3) is 0 Å². The molecule has 3 aromatic rings. The smallest absolute Gasteiger partial charge is 0.230 e. The van der Waals surface area contributed by atoms with Crippen LogP contribution in [0.25, 0.3) is 10.7 Å². The van der Waals surface area contributed by atoms with Crippen LogP contribution in [0.4, 0.5) is 0 Å². The highest BCUT2D eigenvalue weighted by atomic mass is 32.2. The van der Waals surface area contributed by atoms with E-state index < -0.39 is 0 Å². The lowest BCUT2D eigenvalue weighted by Gasteiger charge is -2.19. The minimum absolute atomic E-state index is 0.00774. The van der Waals surface area contributed by atoms with E-state index in [9.17, 15) is 4.79 Å². The van der Waals surface area contributed by atoms with Crippen molar-refractivity contribution in [2.75, 3.05) is 19.4 Å². The molecule has 0 spiro atoms. The molecule has 0 fully saturated rings. The molecule has 32 heavy (non-hydrogen) atoms. The molecule has 6 nitrogen and oxygen atoms in total. The van der Waals surface area contributed by atoms with Gasteiger partial charge in [0.1, 0.15) is 5.75 Å². The Balaban J connectivity index is 1.30. The van der Waals surface area contributed by atoms with E-state index in [0.717, 1.165) is 34.6 Å². The lowest BCUT2D eigenvalue weighted by atomic mass is 9.87. The molecule has 1 N–H and O–H groups in total. The van der Waals surface area contributed by atoms with Gasteiger partial charge in [0.15, 0.2) is 11.0 Å². The molecule has 1 aliphatic rings. The third-order valence-corrected chi connectivity index (χ3v) is 8.31. The normalized spacial score (nSPS) is 15.4. The van der Waals surface area contributed by atoms with Gasteiger partial charge >= 0.3 is 0 Å². The number of hydrogen-bond acceptors (Lipinski definition) is 6. The molecule has 1 atom stereocenters. The Morgan fingerprint density at radius 2 is 2.19 bits per heavy atom. The van der Waals surface area contributed by atoms with Gasteiger partial charge in [0.05, 0.1) is 17.7 Å². The van der Waals surface area contributed by atoms with E-state index in [4.69, 9.17) is 4.74 Å². The molecule has 0 saturated heterocycles. The second kappa shape index (κ2) is 10.5. The number of carbonyl (C=O) groups is 1. The predicted octanol–water partition coefficient (Wildman–Crippen LogP) is 4.52. The standard InChI is InChI=1S/C24H30N4O2S2/c1-4-16-9-10-20-18(13-16)14-21(32-20)23-26-27-24(28(23)2)31-15-22(29)25-12-11-17-7-5-6-8-19(17)30-3/h5-8,14,16H,4,9-13,15H2,1-3H3,(H,25,29). The average molecular weight is 471 g/mol. The summed E-state index contributed by atoms with van der Waals surface area (Å²) < 4.78 is 7.37. The van der Waals surface area contributed by atoms with Crippen LogP contribution in [0, 0.1) is 5.92 Å². The molecule has 1 aromatic carbocycles. The van der Waals surface area contributed by atoms with Crippen molar-refractivity contribution in [2.24, 2.45) is 13.0 Å². The Kier molecular flexibility index (Phi) is 7.52. The summed E-state index contributed by atoms with van der Waals surface area (Å²) in [6.07, 6.45) is 5.62. The fourth-order valence-corrected chi connectivity index (χ4v) is 6.11. The molecule has 2 heterocycles. The van der Waals surface area contributed by atoms with Crippen LogP contribution in [0.5, 0.6) is 5.75 Å². The molecular weight excluding hydrogens is 440 g/mol. The first-order valence-electron chi connectivity index (χ1n) is 11.1. The summed E-state index contributed by atoms with van der Waals surface area (Å²) in [5, 5.41) is 12.5. The second-order valence-electron chi connectivity index (χ2n) is 8.14. The maximum atomic E-state index is 12.3. The van der Waals surface area contributed by atoms with Crippen molar-refractivity contribution in [2.45, 2.75) is 44.2 Å². The fourth-order valence-electron chi connectivity index (χ4n) is 4.14. The van der Waals surface area contributed by atoms with Gasteiger partial charge in [0, 0.05) is 18.5 Å². The number of benzene rings is 1. The molecule has 1 unspecified atom stereocenters. The van der Waals surface area contributed by atoms with Gasteiger partial charge < -0.3 is 14.6 Å². The topological polar surface area (TPSA) is 69.0 Å². The molecule has 4 rings (SSSR count). The van der Waals surface area contributed by atoms with E-state index in [-0.39, 0.29) is 5.91 Å². The van der Waals surface area contributed by atoms with Gasteiger partial charge in [-0.2, -0.15) is 0 Å².